The zero-order chi connectivity index (χ0) is 10.2. The quantitative estimate of drug-likeness (QED) is 0.609. The number of aryl methyl sites for hydroxylation is 1. The molecule has 0 unspecified atom stereocenters. The minimum absolute atomic E-state index is 0.0714. The summed E-state index contributed by atoms with van der Waals surface area (Å²) in [6.45, 7) is 1.35. The van der Waals surface area contributed by atoms with E-state index in [2.05, 4.69) is 17.2 Å². The second-order valence-electron chi connectivity index (χ2n) is 2.63. The van der Waals surface area contributed by atoms with Crippen LogP contribution in [0.3, 0.4) is 0 Å². The predicted molar refractivity (Wildman–Crippen MR) is 43.8 cm³/mol. The number of halogens is 3. The third-order valence-corrected chi connectivity index (χ3v) is 2.01. The van der Waals surface area contributed by atoms with Crippen LogP contribution in [0, 0.1) is 11.7 Å². The van der Waals surface area contributed by atoms with E-state index in [9.17, 15) is 13.2 Å². The maximum atomic E-state index is 12.4. The molecule has 0 fully saturated rings. The Morgan fingerprint density at radius 1 is 1.46 bits per heavy atom. The van der Waals surface area contributed by atoms with Gasteiger partial charge in [0, 0.05) is 13.2 Å². The molecule has 0 N–H and O–H groups in total. The van der Waals surface area contributed by atoms with Crippen molar-refractivity contribution in [2.45, 2.75) is 13.1 Å². The Labute approximate surface area is 78.0 Å². The molecule has 6 heteroatoms. The molecule has 0 atom stereocenters. The van der Waals surface area contributed by atoms with E-state index in [-0.39, 0.29) is 10.3 Å². The number of rotatable bonds is 0. The van der Waals surface area contributed by atoms with E-state index in [0.29, 0.717) is 0 Å². The number of hydrogen-bond acceptors (Lipinski definition) is 2. The summed E-state index contributed by atoms with van der Waals surface area (Å²) in [5.74, 6) is 0. The monoisotopic (exact) mass is 208 g/mol. The van der Waals surface area contributed by atoms with Crippen LogP contribution in [0.5, 0.6) is 0 Å². The van der Waals surface area contributed by atoms with Crippen molar-refractivity contribution in [2.24, 2.45) is 7.05 Å². The highest BCUT2D eigenvalue weighted by Gasteiger charge is 2.35. The molecule has 1 aromatic heterocycles. The molecule has 0 amide bonds. The van der Waals surface area contributed by atoms with Crippen molar-refractivity contribution in [3.63, 3.8) is 0 Å². The van der Waals surface area contributed by atoms with E-state index >= 15 is 0 Å². The van der Waals surface area contributed by atoms with Crippen molar-refractivity contribution in [1.82, 2.24) is 9.55 Å². The van der Waals surface area contributed by atoms with Crippen molar-refractivity contribution >= 4 is 12.2 Å². The van der Waals surface area contributed by atoms with Gasteiger partial charge in [0.25, 0.3) is 0 Å². The highest BCUT2D eigenvalue weighted by atomic mass is 32.1. The number of alkyl halides is 3. The number of nitrogens with zero attached hydrogens (tertiary/aromatic N) is 2. The SMILES string of the molecule is Cc1cnc(=S)n(C)c1C(F)(F)F. The minimum atomic E-state index is -4.38. The maximum absolute atomic E-state index is 12.4. The highest BCUT2D eigenvalue weighted by molar-refractivity contribution is 7.71. The van der Waals surface area contributed by atoms with Crippen molar-refractivity contribution in [1.29, 1.82) is 0 Å². The standard InChI is InChI=1S/C7H7F3N2S/c1-4-3-11-6(13)12(2)5(4)7(8,9)10/h3H,1-2H3. The molecule has 0 aliphatic rings. The summed E-state index contributed by atoms with van der Waals surface area (Å²) in [7, 11) is 1.26. The van der Waals surface area contributed by atoms with Crippen LogP contribution in [0.4, 0.5) is 13.2 Å². The lowest BCUT2D eigenvalue weighted by atomic mass is 10.2. The van der Waals surface area contributed by atoms with E-state index in [4.69, 9.17) is 0 Å². The van der Waals surface area contributed by atoms with Crippen LogP contribution < -0.4 is 0 Å². The van der Waals surface area contributed by atoms with Gasteiger partial charge in [-0.05, 0) is 24.7 Å². The Hall–Kier alpha value is -0.910. The number of hydrogen-bond donors (Lipinski definition) is 0. The molecule has 0 aromatic carbocycles. The van der Waals surface area contributed by atoms with Crippen LogP contribution in [0.1, 0.15) is 11.3 Å². The van der Waals surface area contributed by atoms with E-state index in [1.165, 1.54) is 14.0 Å². The van der Waals surface area contributed by atoms with Gasteiger partial charge in [-0.25, -0.2) is 4.98 Å². The molecule has 0 bridgehead atoms. The summed E-state index contributed by atoms with van der Waals surface area (Å²) in [4.78, 5) is 3.63. The van der Waals surface area contributed by atoms with Gasteiger partial charge in [-0.15, -0.1) is 0 Å². The van der Waals surface area contributed by atoms with Gasteiger partial charge < -0.3 is 4.57 Å². The molecule has 0 aliphatic carbocycles. The van der Waals surface area contributed by atoms with Crippen molar-refractivity contribution in [3.8, 4) is 0 Å². The fraction of sp³-hybridized carbons (Fsp3) is 0.429. The second-order valence-corrected chi connectivity index (χ2v) is 2.99. The van der Waals surface area contributed by atoms with Crippen LogP contribution >= 0.6 is 12.2 Å². The maximum Gasteiger partial charge on any atom is 0.431 e. The molecule has 72 valence electrons. The Kier molecular flexibility index (Phi) is 2.42. The van der Waals surface area contributed by atoms with Crippen LogP contribution in [0.15, 0.2) is 6.20 Å². The molecule has 1 aromatic rings. The summed E-state index contributed by atoms with van der Waals surface area (Å²) < 4.78 is 38.0. The summed E-state index contributed by atoms with van der Waals surface area (Å²) in [5, 5.41) is 0. The first-order valence-electron chi connectivity index (χ1n) is 3.44. The zero-order valence-corrected chi connectivity index (χ0v) is 7.83. The summed E-state index contributed by atoms with van der Waals surface area (Å²) in [6.07, 6.45) is -3.25. The van der Waals surface area contributed by atoms with Gasteiger partial charge in [0.15, 0.2) is 4.77 Å². The smallest absolute Gasteiger partial charge is 0.316 e. The van der Waals surface area contributed by atoms with Gasteiger partial charge in [-0.1, -0.05) is 0 Å². The Balaban J connectivity index is 3.52. The third kappa shape index (κ3) is 1.88. The second kappa shape index (κ2) is 3.10. The highest BCUT2D eigenvalue weighted by Crippen LogP contribution is 2.30. The first-order chi connectivity index (χ1) is 5.84. The molecule has 0 radical (unpaired) electrons. The van der Waals surface area contributed by atoms with Gasteiger partial charge in [-0.3, -0.25) is 0 Å². The van der Waals surface area contributed by atoms with Crippen molar-refractivity contribution in [2.75, 3.05) is 0 Å². The molecule has 2 nitrogen and oxygen atoms in total. The molecule has 1 heterocycles. The zero-order valence-electron chi connectivity index (χ0n) is 7.01. The molecule has 0 saturated heterocycles. The summed E-state index contributed by atoms with van der Waals surface area (Å²) >= 11 is 4.62. The molecule has 0 spiro atoms. The molecular formula is C7H7F3N2S. The fourth-order valence-corrected chi connectivity index (χ4v) is 1.22. The van der Waals surface area contributed by atoms with Gasteiger partial charge in [0.2, 0.25) is 0 Å². The summed E-state index contributed by atoms with van der Waals surface area (Å²) in [5.41, 5.74) is -0.670. The van der Waals surface area contributed by atoms with Crippen molar-refractivity contribution in [3.05, 3.63) is 22.2 Å². The van der Waals surface area contributed by atoms with Gasteiger partial charge in [-0.2, -0.15) is 13.2 Å². The molecule has 0 saturated carbocycles. The van der Waals surface area contributed by atoms with Crippen LogP contribution in [-0.4, -0.2) is 9.55 Å². The normalized spacial score (nSPS) is 11.8. The van der Waals surface area contributed by atoms with Gasteiger partial charge in [0.1, 0.15) is 5.69 Å². The van der Waals surface area contributed by atoms with Crippen molar-refractivity contribution < 1.29 is 13.2 Å². The summed E-state index contributed by atoms with van der Waals surface area (Å²) in [6, 6.07) is 0. The molecule has 1 rings (SSSR count). The van der Waals surface area contributed by atoms with Crippen LogP contribution in [0.25, 0.3) is 0 Å². The topological polar surface area (TPSA) is 17.8 Å². The average Bonchev–Trinajstić information content (AvgIpc) is 1.95. The van der Waals surface area contributed by atoms with Gasteiger partial charge >= 0.3 is 6.18 Å². The van der Waals surface area contributed by atoms with E-state index in [0.717, 1.165) is 10.8 Å². The average molecular weight is 208 g/mol. The fourth-order valence-electron chi connectivity index (χ4n) is 1.07. The van der Waals surface area contributed by atoms with E-state index in [1.807, 2.05) is 0 Å². The lowest BCUT2D eigenvalue weighted by molar-refractivity contribution is -0.144. The largest absolute Gasteiger partial charge is 0.431 e. The minimum Gasteiger partial charge on any atom is -0.316 e. The predicted octanol–water partition coefficient (Wildman–Crippen LogP) is 2.48. The van der Waals surface area contributed by atoms with E-state index in [1.54, 1.807) is 0 Å². The lowest BCUT2D eigenvalue weighted by Gasteiger charge is -2.13. The Morgan fingerprint density at radius 3 is 2.38 bits per heavy atom. The Morgan fingerprint density at radius 2 is 2.00 bits per heavy atom. The number of aromatic nitrogens is 2. The lowest BCUT2D eigenvalue weighted by Crippen LogP contribution is -2.17. The first-order valence-corrected chi connectivity index (χ1v) is 3.84. The molecular weight excluding hydrogens is 201 g/mol. The van der Waals surface area contributed by atoms with Crippen LogP contribution in [0.2, 0.25) is 0 Å². The molecule has 13 heavy (non-hydrogen) atoms. The van der Waals surface area contributed by atoms with Gasteiger partial charge in [0.05, 0.1) is 0 Å². The first kappa shape index (κ1) is 10.2. The van der Waals surface area contributed by atoms with E-state index < -0.39 is 11.9 Å². The molecule has 0 aliphatic heterocycles. The third-order valence-electron chi connectivity index (χ3n) is 1.63. The Bertz CT molecular complexity index is 380. The van der Waals surface area contributed by atoms with Crippen LogP contribution in [-0.2, 0) is 13.2 Å².